The molecule has 1 atom stereocenters. The second kappa shape index (κ2) is 7.77. The van der Waals surface area contributed by atoms with Crippen LogP contribution in [0.4, 0.5) is 0 Å². The number of rotatable bonds is 5. The summed E-state index contributed by atoms with van der Waals surface area (Å²) in [5.41, 5.74) is 4.37. The molecular formula is C23H23N5O2S. The number of fused-ring (bicyclic) bond motifs is 2. The molecule has 31 heavy (non-hydrogen) atoms. The number of aromatic nitrogens is 4. The summed E-state index contributed by atoms with van der Waals surface area (Å²) >= 11 is 1.67. The number of benzene rings is 2. The Balaban J connectivity index is 1.31. The minimum absolute atomic E-state index is 0.102. The molecule has 1 aliphatic rings. The van der Waals surface area contributed by atoms with Crippen molar-refractivity contribution in [2.45, 2.75) is 39.8 Å². The van der Waals surface area contributed by atoms with Crippen LogP contribution < -0.4 is 10.1 Å². The normalized spacial score (nSPS) is 15.1. The molecule has 158 valence electrons. The molecule has 3 heterocycles. The highest BCUT2D eigenvalue weighted by molar-refractivity contribution is 7.21. The predicted molar refractivity (Wildman–Crippen MR) is 120 cm³/mol. The minimum atomic E-state index is -0.104. The first-order valence-electron chi connectivity index (χ1n) is 10.3. The van der Waals surface area contributed by atoms with Gasteiger partial charge in [0.15, 0.2) is 0 Å². The van der Waals surface area contributed by atoms with Crippen LogP contribution in [0.25, 0.3) is 20.8 Å². The van der Waals surface area contributed by atoms with Gasteiger partial charge in [-0.05, 0) is 50.1 Å². The maximum Gasteiger partial charge on any atom is 0.241 e. The lowest BCUT2D eigenvalue weighted by Crippen LogP contribution is -2.36. The Hall–Kier alpha value is -3.26. The monoisotopic (exact) mass is 433 g/mol. The zero-order valence-electron chi connectivity index (χ0n) is 17.7. The zero-order valence-corrected chi connectivity index (χ0v) is 18.5. The molecule has 0 bridgehead atoms. The van der Waals surface area contributed by atoms with Crippen LogP contribution in [0.5, 0.6) is 5.75 Å². The summed E-state index contributed by atoms with van der Waals surface area (Å²) in [6, 6.07) is 12.4. The van der Waals surface area contributed by atoms with Crippen molar-refractivity contribution < 1.29 is 9.53 Å². The Morgan fingerprint density at radius 2 is 2.06 bits per heavy atom. The lowest BCUT2D eigenvalue weighted by molar-refractivity contribution is -0.122. The fourth-order valence-electron chi connectivity index (χ4n) is 3.98. The molecule has 2 aromatic heterocycles. The van der Waals surface area contributed by atoms with E-state index in [1.165, 1.54) is 5.56 Å². The maximum atomic E-state index is 12.4. The molecule has 7 nitrogen and oxygen atoms in total. The number of carbonyl (C=O) groups is 1. The molecule has 1 unspecified atom stereocenters. The third-order valence-corrected chi connectivity index (χ3v) is 6.42. The summed E-state index contributed by atoms with van der Waals surface area (Å²) in [5.74, 6) is 2.17. The number of hydrogen-bond acceptors (Lipinski definition) is 6. The maximum absolute atomic E-state index is 12.4. The van der Waals surface area contributed by atoms with Crippen LogP contribution >= 0.6 is 11.3 Å². The van der Waals surface area contributed by atoms with Gasteiger partial charge in [0, 0.05) is 6.42 Å². The van der Waals surface area contributed by atoms with E-state index in [9.17, 15) is 4.79 Å². The highest BCUT2D eigenvalue weighted by Crippen LogP contribution is 2.42. The number of ether oxygens (including phenoxy) is 1. The van der Waals surface area contributed by atoms with Gasteiger partial charge >= 0.3 is 0 Å². The lowest BCUT2D eigenvalue weighted by Gasteiger charge is -2.13. The fourth-order valence-corrected chi connectivity index (χ4v) is 4.96. The average molecular weight is 434 g/mol. The third kappa shape index (κ3) is 3.90. The van der Waals surface area contributed by atoms with Gasteiger partial charge in [0.25, 0.3) is 0 Å². The van der Waals surface area contributed by atoms with Crippen molar-refractivity contribution in [2.75, 3.05) is 6.54 Å². The molecule has 1 amide bonds. The second-order valence-corrected chi connectivity index (χ2v) is 8.93. The molecular weight excluding hydrogens is 410 g/mol. The van der Waals surface area contributed by atoms with E-state index in [-0.39, 0.29) is 18.6 Å². The average Bonchev–Trinajstić information content (AvgIpc) is 3.42. The predicted octanol–water partition coefficient (Wildman–Crippen LogP) is 3.60. The Labute approximate surface area is 184 Å². The largest absolute Gasteiger partial charge is 0.487 e. The first-order valence-corrected chi connectivity index (χ1v) is 11.1. The van der Waals surface area contributed by atoms with E-state index in [4.69, 9.17) is 9.72 Å². The Morgan fingerprint density at radius 3 is 2.84 bits per heavy atom. The molecule has 0 radical (unpaired) electrons. The topological polar surface area (TPSA) is 81.9 Å². The molecule has 0 saturated carbocycles. The molecule has 8 heteroatoms. The summed E-state index contributed by atoms with van der Waals surface area (Å²) in [4.78, 5) is 21.4. The number of nitrogens with zero attached hydrogens (tertiary/aromatic N) is 4. The number of carbonyl (C=O) groups excluding carboxylic acids is 1. The Morgan fingerprint density at radius 1 is 1.23 bits per heavy atom. The number of aryl methyl sites for hydroxylation is 3. The highest BCUT2D eigenvalue weighted by Gasteiger charge is 2.28. The van der Waals surface area contributed by atoms with E-state index in [2.05, 4.69) is 40.5 Å². The molecule has 2 aromatic carbocycles. The van der Waals surface area contributed by atoms with Crippen molar-refractivity contribution in [1.82, 2.24) is 25.1 Å². The quantitative estimate of drug-likeness (QED) is 0.520. The van der Waals surface area contributed by atoms with Crippen LogP contribution in [0.1, 0.15) is 22.8 Å². The summed E-state index contributed by atoms with van der Waals surface area (Å²) < 4.78 is 9.06. The molecule has 0 saturated heterocycles. The summed E-state index contributed by atoms with van der Waals surface area (Å²) in [7, 11) is 0. The van der Waals surface area contributed by atoms with Crippen molar-refractivity contribution in [3.05, 3.63) is 59.2 Å². The second-order valence-electron chi connectivity index (χ2n) is 7.90. The van der Waals surface area contributed by atoms with Gasteiger partial charge in [0.2, 0.25) is 5.91 Å². The molecule has 0 fully saturated rings. The van der Waals surface area contributed by atoms with E-state index >= 15 is 0 Å². The Kier molecular flexibility index (Phi) is 4.94. The van der Waals surface area contributed by atoms with Crippen LogP contribution in [0.3, 0.4) is 0 Å². The van der Waals surface area contributed by atoms with E-state index < -0.39 is 0 Å². The first kappa shape index (κ1) is 19.7. The van der Waals surface area contributed by atoms with Gasteiger partial charge in [-0.25, -0.2) is 14.6 Å². The molecule has 5 rings (SSSR count). The van der Waals surface area contributed by atoms with Gasteiger partial charge in [0.1, 0.15) is 35.1 Å². The van der Waals surface area contributed by atoms with Gasteiger partial charge in [-0.15, -0.1) is 11.3 Å². The van der Waals surface area contributed by atoms with E-state index in [1.807, 2.05) is 32.0 Å². The van der Waals surface area contributed by atoms with E-state index in [0.29, 0.717) is 12.4 Å². The van der Waals surface area contributed by atoms with Crippen LogP contribution in [0.15, 0.2) is 36.4 Å². The summed E-state index contributed by atoms with van der Waals surface area (Å²) in [6.45, 7) is 6.35. The van der Waals surface area contributed by atoms with Gasteiger partial charge in [-0.3, -0.25) is 4.79 Å². The molecule has 0 aliphatic carbocycles. The van der Waals surface area contributed by atoms with Crippen LogP contribution in [-0.2, 0) is 17.8 Å². The molecule has 4 aromatic rings. The van der Waals surface area contributed by atoms with Gasteiger partial charge < -0.3 is 10.1 Å². The van der Waals surface area contributed by atoms with E-state index in [0.717, 1.165) is 44.3 Å². The standard InChI is InChI=1S/C23H23N5O2S/c1-13-8-16-10-17(11-24-21(29)12-28-15(3)25-14(2)27-28)30-22(16)18(9-13)23-26-19-6-4-5-7-20(19)31-23/h4-9,17H,10-12H2,1-3H3,(H,24,29). The van der Waals surface area contributed by atoms with Crippen molar-refractivity contribution in [2.24, 2.45) is 0 Å². The number of nitrogens with one attached hydrogen (secondary N) is 1. The summed E-state index contributed by atoms with van der Waals surface area (Å²) in [5, 5.41) is 8.18. The van der Waals surface area contributed by atoms with Gasteiger partial charge in [-0.1, -0.05) is 18.2 Å². The SMILES string of the molecule is Cc1cc2c(c(-c3nc4ccccc4s3)c1)OC(CNC(=O)Cn1nc(C)nc1C)C2. The van der Waals surface area contributed by atoms with Crippen molar-refractivity contribution >= 4 is 27.5 Å². The first-order chi connectivity index (χ1) is 15.0. The van der Waals surface area contributed by atoms with E-state index in [1.54, 1.807) is 16.0 Å². The number of thiazole rings is 1. The minimum Gasteiger partial charge on any atom is -0.487 e. The van der Waals surface area contributed by atoms with Crippen LogP contribution in [0.2, 0.25) is 0 Å². The van der Waals surface area contributed by atoms with Gasteiger partial charge in [0.05, 0.1) is 22.3 Å². The lowest BCUT2D eigenvalue weighted by atomic mass is 10.0. The Bertz CT molecular complexity index is 1260. The highest BCUT2D eigenvalue weighted by atomic mass is 32.1. The smallest absolute Gasteiger partial charge is 0.241 e. The molecule has 1 aliphatic heterocycles. The third-order valence-electron chi connectivity index (χ3n) is 5.35. The summed E-state index contributed by atoms with van der Waals surface area (Å²) in [6.07, 6.45) is 0.656. The van der Waals surface area contributed by atoms with Crippen molar-refractivity contribution in [3.8, 4) is 16.3 Å². The molecule has 0 spiro atoms. The van der Waals surface area contributed by atoms with Crippen LogP contribution in [-0.4, -0.2) is 38.3 Å². The number of amides is 1. The van der Waals surface area contributed by atoms with Crippen molar-refractivity contribution in [3.63, 3.8) is 0 Å². The molecule has 1 N–H and O–H groups in total. The zero-order chi connectivity index (χ0) is 21.5. The number of para-hydroxylation sites is 1. The fraction of sp³-hybridized carbons (Fsp3) is 0.304. The van der Waals surface area contributed by atoms with Gasteiger partial charge in [-0.2, -0.15) is 5.10 Å². The number of hydrogen-bond donors (Lipinski definition) is 1. The van der Waals surface area contributed by atoms with Crippen molar-refractivity contribution in [1.29, 1.82) is 0 Å². The van der Waals surface area contributed by atoms with Crippen LogP contribution in [0, 0.1) is 20.8 Å².